The van der Waals surface area contributed by atoms with E-state index in [0.717, 1.165) is 57.6 Å². The van der Waals surface area contributed by atoms with E-state index < -0.39 is 0 Å². The van der Waals surface area contributed by atoms with Crippen LogP contribution in [-0.2, 0) is 6.54 Å². The minimum absolute atomic E-state index is 0.205. The molecule has 0 saturated carbocycles. The topological polar surface area (TPSA) is 44.5 Å². The van der Waals surface area contributed by atoms with Crippen molar-refractivity contribution in [3.05, 3.63) is 18.0 Å². The monoisotopic (exact) mass is 334 g/mol. The number of piperidine rings is 2. The third-order valence-corrected chi connectivity index (χ3v) is 5.73. The molecule has 0 aromatic carbocycles. The van der Waals surface area contributed by atoms with Gasteiger partial charge in [0, 0.05) is 25.8 Å². The number of hydrogen-bond donors (Lipinski definition) is 1. The molecule has 2 aliphatic heterocycles. The minimum atomic E-state index is -0.205. The van der Waals surface area contributed by atoms with Gasteiger partial charge in [0.1, 0.15) is 0 Å². The van der Waals surface area contributed by atoms with Gasteiger partial charge >= 0.3 is 0 Å². The Bertz CT molecular complexity index is 487. The average Bonchev–Trinajstić information content (AvgIpc) is 2.96. The summed E-state index contributed by atoms with van der Waals surface area (Å²) < 4.78 is 2.09. The molecule has 1 atom stereocenters. The molecule has 1 N–H and O–H groups in total. The summed E-state index contributed by atoms with van der Waals surface area (Å²) in [4.78, 5) is 4.89. The van der Waals surface area contributed by atoms with Crippen molar-refractivity contribution in [2.75, 3.05) is 39.3 Å². The van der Waals surface area contributed by atoms with Crippen LogP contribution in [0.3, 0.4) is 0 Å². The highest BCUT2D eigenvalue weighted by Crippen LogP contribution is 2.20. The molecule has 0 aliphatic carbocycles. The van der Waals surface area contributed by atoms with Crippen molar-refractivity contribution in [1.29, 1.82) is 0 Å². The van der Waals surface area contributed by atoms with Gasteiger partial charge in [-0.15, -0.1) is 0 Å². The Morgan fingerprint density at radius 2 is 1.67 bits per heavy atom. The van der Waals surface area contributed by atoms with E-state index in [-0.39, 0.29) is 6.10 Å². The van der Waals surface area contributed by atoms with Gasteiger partial charge in [0.2, 0.25) is 0 Å². The van der Waals surface area contributed by atoms with E-state index in [1.807, 2.05) is 6.20 Å². The predicted molar refractivity (Wildman–Crippen MR) is 97.0 cm³/mol. The molecule has 24 heavy (non-hydrogen) atoms. The number of likely N-dealkylation sites (tertiary alicyclic amines) is 2. The molecule has 0 spiro atoms. The standard InChI is InChI=1S/C19H34N4O/c1-16-3-7-21(8-4-16)14-19(24)15-22-9-5-18(6-10-22)13-23-12-17(2)11-20-23/h11-12,16,18-19,24H,3-10,13-15H2,1-2H3/t19-/m0/s1. The molecule has 0 unspecified atom stereocenters. The fourth-order valence-corrected chi connectivity index (χ4v) is 4.08. The van der Waals surface area contributed by atoms with Crippen molar-refractivity contribution < 1.29 is 5.11 Å². The summed E-state index contributed by atoms with van der Waals surface area (Å²) >= 11 is 0. The zero-order chi connectivity index (χ0) is 16.9. The molecule has 136 valence electrons. The maximum atomic E-state index is 10.4. The molecular weight excluding hydrogens is 300 g/mol. The van der Waals surface area contributed by atoms with Crippen molar-refractivity contribution in [2.45, 2.75) is 52.2 Å². The van der Waals surface area contributed by atoms with Crippen LogP contribution < -0.4 is 0 Å². The van der Waals surface area contributed by atoms with Gasteiger partial charge in [-0.3, -0.25) is 4.68 Å². The fraction of sp³-hybridized carbons (Fsp3) is 0.842. The predicted octanol–water partition coefficient (Wildman–Crippen LogP) is 2.00. The molecule has 5 nitrogen and oxygen atoms in total. The SMILES string of the molecule is Cc1cnn(CC2CCN(C[C@@H](O)CN3CCC(C)CC3)CC2)c1. The third kappa shape index (κ3) is 5.30. The van der Waals surface area contributed by atoms with Crippen molar-refractivity contribution in [3.63, 3.8) is 0 Å². The molecule has 0 radical (unpaired) electrons. The van der Waals surface area contributed by atoms with Gasteiger partial charge in [0.15, 0.2) is 0 Å². The summed E-state index contributed by atoms with van der Waals surface area (Å²) in [5.41, 5.74) is 1.24. The lowest BCUT2D eigenvalue weighted by atomic mass is 9.96. The van der Waals surface area contributed by atoms with Gasteiger partial charge in [0.25, 0.3) is 0 Å². The van der Waals surface area contributed by atoms with E-state index in [1.165, 1.54) is 31.2 Å². The number of aryl methyl sites for hydroxylation is 1. The third-order valence-electron chi connectivity index (χ3n) is 5.73. The van der Waals surface area contributed by atoms with E-state index in [1.54, 1.807) is 0 Å². The normalized spacial score (nSPS) is 23.6. The molecular formula is C19H34N4O. The van der Waals surface area contributed by atoms with Crippen LogP contribution in [0.15, 0.2) is 12.4 Å². The molecule has 2 saturated heterocycles. The minimum Gasteiger partial charge on any atom is -0.390 e. The van der Waals surface area contributed by atoms with E-state index in [9.17, 15) is 5.11 Å². The highest BCUT2D eigenvalue weighted by molar-refractivity contribution is 4.99. The first-order chi connectivity index (χ1) is 11.6. The van der Waals surface area contributed by atoms with E-state index in [2.05, 4.69) is 39.6 Å². The Kier molecular flexibility index (Phi) is 6.31. The van der Waals surface area contributed by atoms with Crippen LogP contribution in [0.4, 0.5) is 0 Å². The summed E-state index contributed by atoms with van der Waals surface area (Å²) in [5.74, 6) is 1.58. The second-order valence-corrected chi connectivity index (χ2v) is 8.12. The van der Waals surface area contributed by atoms with Gasteiger partial charge in [-0.25, -0.2) is 0 Å². The lowest BCUT2D eigenvalue weighted by molar-refractivity contribution is 0.0490. The molecule has 2 fully saturated rings. The average molecular weight is 335 g/mol. The zero-order valence-corrected chi connectivity index (χ0v) is 15.4. The summed E-state index contributed by atoms with van der Waals surface area (Å²) in [7, 11) is 0. The van der Waals surface area contributed by atoms with Crippen molar-refractivity contribution in [2.24, 2.45) is 11.8 Å². The Morgan fingerprint density at radius 3 is 2.21 bits per heavy atom. The number of rotatable bonds is 6. The fourth-order valence-electron chi connectivity index (χ4n) is 4.08. The van der Waals surface area contributed by atoms with Crippen LogP contribution in [0.2, 0.25) is 0 Å². The van der Waals surface area contributed by atoms with Crippen molar-refractivity contribution >= 4 is 0 Å². The molecule has 3 heterocycles. The van der Waals surface area contributed by atoms with Gasteiger partial charge in [-0.05, 0) is 76.2 Å². The highest BCUT2D eigenvalue weighted by atomic mass is 16.3. The van der Waals surface area contributed by atoms with Crippen LogP contribution in [0.1, 0.15) is 38.2 Å². The number of aliphatic hydroxyl groups is 1. The lowest BCUT2D eigenvalue weighted by Gasteiger charge is -2.35. The molecule has 0 amide bonds. The van der Waals surface area contributed by atoms with Gasteiger partial charge in [-0.1, -0.05) is 6.92 Å². The summed E-state index contributed by atoms with van der Waals surface area (Å²) in [6.45, 7) is 11.7. The lowest BCUT2D eigenvalue weighted by Crippen LogP contribution is -2.45. The van der Waals surface area contributed by atoms with Gasteiger partial charge < -0.3 is 14.9 Å². The number of β-amino-alcohol motifs (C(OH)–C–C–N with tert-alkyl or cyclic N) is 1. The van der Waals surface area contributed by atoms with Crippen LogP contribution in [0.5, 0.6) is 0 Å². The first-order valence-corrected chi connectivity index (χ1v) is 9.70. The molecule has 5 heteroatoms. The highest BCUT2D eigenvalue weighted by Gasteiger charge is 2.23. The Hall–Kier alpha value is -0.910. The molecule has 1 aromatic heterocycles. The maximum Gasteiger partial charge on any atom is 0.0793 e. The smallest absolute Gasteiger partial charge is 0.0793 e. The quantitative estimate of drug-likeness (QED) is 0.864. The van der Waals surface area contributed by atoms with Crippen LogP contribution in [0, 0.1) is 18.8 Å². The van der Waals surface area contributed by atoms with Crippen LogP contribution in [-0.4, -0.2) is 70.1 Å². The van der Waals surface area contributed by atoms with Gasteiger partial charge in [0.05, 0.1) is 12.3 Å². The van der Waals surface area contributed by atoms with Crippen molar-refractivity contribution in [3.8, 4) is 0 Å². The Morgan fingerprint density at radius 1 is 1.08 bits per heavy atom. The van der Waals surface area contributed by atoms with Crippen LogP contribution >= 0.6 is 0 Å². The maximum absolute atomic E-state index is 10.4. The van der Waals surface area contributed by atoms with Crippen molar-refractivity contribution in [1.82, 2.24) is 19.6 Å². The second-order valence-electron chi connectivity index (χ2n) is 8.12. The first kappa shape index (κ1) is 17.9. The van der Waals surface area contributed by atoms with E-state index in [0.29, 0.717) is 0 Å². The zero-order valence-electron chi connectivity index (χ0n) is 15.4. The Labute approximate surface area is 146 Å². The number of aromatic nitrogens is 2. The Balaban J connectivity index is 1.34. The number of aliphatic hydroxyl groups excluding tert-OH is 1. The molecule has 1 aromatic rings. The molecule has 3 rings (SSSR count). The first-order valence-electron chi connectivity index (χ1n) is 9.70. The summed E-state index contributed by atoms with van der Waals surface area (Å²) in [6, 6.07) is 0. The van der Waals surface area contributed by atoms with Gasteiger partial charge in [-0.2, -0.15) is 5.10 Å². The summed E-state index contributed by atoms with van der Waals surface area (Å²) in [6.07, 6.45) is 8.86. The molecule has 2 aliphatic rings. The molecule has 0 bridgehead atoms. The van der Waals surface area contributed by atoms with E-state index in [4.69, 9.17) is 0 Å². The number of nitrogens with zero attached hydrogens (tertiary/aromatic N) is 4. The summed E-state index contributed by atoms with van der Waals surface area (Å²) in [5, 5.41) is 14.8. The van der Waals surface area contributed by atoms with E-state index >= 15 is 0 Å². The second kappa shape index (κ2) is 8.45. The largest absolute Gasteiger partial charge is 0.390 e. The van der Waals surface area contributed by atoms with Crippen LogP contribution in [0.25, 0.3) is 0 Å². The number of hydrogen-bond acceptors (Lipinski definition) is 4.